The third-order valence-corrected chi connectivity index (χ3v) is 7.38. The zero-order chi connectivity index (χ0) is 24.0. The zero-order valence-electron chi connectivity index (χ0n) is 18.3. The van der Waals surface area contributed by atoms with Gasteiger partial charge in [0.2, 0.25) is 10.0 Å². The van der Waals surface area contributed by atoms with E-state index in [9.17, 15) is 17.6 Å². The van der Waals surface area contributed by atoms with Gasteiger partial charge in [0.05, 0.1) is 5.02 Å². The van der Waals surface area contributed by atoms with Gasteiger partial charge in [-0.15, -0.1) is 0 Å². The summed E-state index contributed by atoms with van der Waals surface area (Å²) in [5, 5.41) is 8.18. The number of aromatic nitrogens is 1. The summed E-state index contributed by atoms with van der Waals surface area (Å²) in [4.78, 5) is 19.5. The number of piperidine rings is 1. The van der Waals surface area contributed by atoms with Gasteiger partial charge in [-0.3, -0.25) is 4.79 Å². The van der Waals surface area contributed by atoms with Crippen LogP contribution in [0.3, 0.4) is 0 Å². The molecule has 2 aromatic rings. The van der Waals surface area contributed by atoms with E-state index in [1.807, 2.05) is 0 Å². The molecular formula is C22H26ClFN4O4S. The molecule has 3 N–H and O–H groups in total. The molecule has 0 aliphatic carbocycles. The summed E-state index contributed by atoms with van der Waals surface area (Å²) in [6, 6.07) is 7.45. The minimum absolute atomic E-state index is 0.0228. The molecule has 1 amide bonds. The molecule has 0 spiro atoms. The van der Waals surface area contributed by atoms with Crippen molar-refractivity contribution in [3.8, 4) is 5.75 Å². The van der Waals surface area contributed by atoms with Crippen LogP contribution in [0.1, 0.15) is 39.5 Å². The standard InChI is InChI=1S/C22H26ClFN4O4S/c1-22(2,32-16-5-7-19(24)18(23)11-16)21(29)27-13-9-14-3-4-15(10-13)28(14)20-8-6-17(12-26-20)33(25,30)31/h5-8,11-15H,3-4,9-10H2,1-2H3,(H,27,29)(H2,25,30,31). The van der Waals surface area contributed by atoms with E-state index in [1.54, 1.807) is 19.9 Å². The van der Waals surface area contributed by atoms with E-state index in [-0.39, 0.29) is 34.0 Å². The van der Waals surface area contributed by atoms with Crippen molar-refractivity contribution in [2.45, 2.75) is 68.2 Å². The number of carbonyl (C=O) groups is 1. The molecule has 2 saturated heterocycles. The number of benzene rings is 1. The number of carbonyl (C=O) groups excluding carboxylic acids is 1. The van der Waals surface area contributed by atoms with Crippen molar-refractivity contribution in [2.75, 3.05) is 4.90 Å². The van der Waals surface area contributed by atoms with Gasteiger partial charge in [0.25, 0.3) is 5.91 Å². The molecule has 2 atom stereocenters. The first kappa shape index (κ1) is 23.7. The molecule has 2 fully saturated rings. The van der Waals surface area contributed by atoms with Crippen LogP contribution in [-0.4, -0.2) is 43.0 Å². The molecule has 2 unspecified atom stereocenters. The van der Waals surface area contributed by atoms with Gasteiger partial charge >= 0.3 is 0 Å². The fraction of sp³-hybridized carbons (Fsp3) is 0.455. The van der Waals surface area contributed by atoms with Crippen molar-refractivity contribution in [3.63, 3.8) is 0 Å². The molecule has 0 radical (unpaired) electrons. The highest BCUT2D eigenvalue weighted by molar-refractivity contribution is 7.89. The molecule has 2 bridgehead atoms. The van der Waals surface area contributed by atoms with Gasteiger partial charge in [0.1, 0.15) is 22.3 Å². The highest BCUT2D eigenvalue weighted by atomic mass is 35.5. The Bertz CT molecular complexity index is 1150. The summed E-state index contributed by atoms with van der Waals surface area (Å²) in [5.41, 5.74) is -1.18. The lowest BCUT2D eigenvalue weighted by Gasteiger charge is -2.40. The fourth-order valence-corrected chi connectivity index (χ4v) is 5.23. The van der Waals surface area contributed by atoms with Gasteiger partial charge < -0.3 is 15.0 Å². The van der Waals surface area contributed by atoms with Gasteiger partial charge in [0.15, 0.2) is 5.60 Å². The SMILES string of the molecule is CC(C)(Oc1ccc(F)c(Cl)c1)C(=O)NC1CC2CCC(C1)N2c1ccc(S(N)(=O)=O)cn1. The number of hydrogen-bond donors (Lipinski definition) is 2. The molecule has 2 aliphatic heterocycles. The Hall–Kier alpha value is -2.43. The molecule has 33 heavy (non-hydrogen) atoms. The first-order valence-corrected chi connectivity index (χ1v) is 12.6. The Morgan fingerprint density at radius 3 is 2.45 bits per heavy atom. The smallest absolute Gasteiger partial charge is 0.263 e. The van der Waals surface area contributed by atoms with Crippen LogP contribution in [0.25, 0.3) is 0 Å². The van der Waals surface area contributed by atoms with Gasteiger partial charge in [-0.2, -0.15) is 0 Å². The van der Waals surface area contributed by atoms with Crippen molar-refractivity contribution in [2.24, 2.45) is 5.14 Å². The van der Waals surface area contributed by atoms with Crippen LogP contribution in [0.5, 0.6) is 5.75 Å². The quantitative estimate of drug-likeness (QED) is 0.635. The monoisotopic (exact) mass is 496 g/mol. The number of pyridine rings is 1. The van der Waals surface area contributed by atoms with Crippen molar-refractivity contribution in [1.82, 2.24) is 10.3 Å². The highest BCUT2D eigenvalue weighted by Crippen LogP contribution is 2.39. The van der Waals surface area contributed by atoms with Crippen LogP contribution in [-0.2, 0) is 14.8 Å². The second-order valence-electron chi connectivity index (χ2n) is 9.02. The van der Waals surface area contributed by atoms with E-state index in [4.69, 9.17) is 21.5 Å². The molecule has 0 saturated carbocycles. The van der Waals surface area contributed by atoms with Crippen LogP contribution in [0.15, 0.2) is 41.4 Å². The normalized spacial score (nSPS) is 22.8. The number of nitrogens with one attached hydrogen (secondary N) is 1. The lowest BCUT2D eigenvalue weighted by molar-refractivity contribution is -0.135. The minimum atomic E-state index is -3.79. The van der Waals surface area contributed by atoms with Gasteiger partial charge in [-0.1, -0.05) is 11.6 Å². The van der Waals surface area contributed by atoms with Crippen LogP contribution in [0.2, 0.25) is 5.02 Å². The Morgan fingerprint density at radius 1 is 1.24 bits per heavy atom. The lowest BCUT2D eigenvalue weighted by Crippen LogP contribution is -2.55. The predicted octanol–water partition coefficient (Wildman–Crippen LogP) is 3.00. The summed E-state index contributed by atoms with van der Waals surface area (Å²) >= 11 is 5.81. The Morgan fingerprint density at radius 2 is 1.91 bits per heavy atom. The number of sulfonamides is 1. The number of nitrogens with zero attached hydrogens (tertiary/aromatic N) is 2. The van der Waals surface area contributed by atoms with Gasteiger partial charge in [-0.05, 0) is 63.8 Å². The number of anilines is 1. The molecule has 4 rings (SSSR count). The third-order valence-electron chi connectivity index (χ3n) is 6.19. The summed E-state index contributed by atoms with van der Waals surface area (Å²) in [6.07, 6.45) is 4.67. The molecular weight excluding hydrogens is 471 g/mol. The van der Waals surface area contributed by atoms with Gasteiger partial charge in [0, 0.05) is 30.4 Å². The van der Waals surface area contributed by atoms with E-state index in [0.29, 0.717) is 11.6 Å². The lowest BCUT2D eigenvalue weighted by atomic mass is 9.96. The number of halogens is 2. The number of fused-ring (bicyclic) bond motifs is 2. The van der Waals surface area contributed by atoms with E-state index in [2.05, 4.69) is 15.2 Å². The Balaban J connectivity index is 1.40. The predicted molar refractivity (Wildman–Crippen MR) is 122 cm³/mol. The molecule has 1 aromatic carbocycles. The summed E-state index contributed by atoms with van der Waals surface area (Å²) in [5.74, 6) is 0.195. The Labute approximate surface area is 197 Å². The highest BCUT2D eigenvalue weighted by Gasteiger charge is 2.43. The summed E-state index contributed by atoms with van der Waals surface area (Å²) in [7, 11) is -3.79. The van der Waals surface area contributed by atoms with Crippen LogP contribution in [0.4, 0.5) is 10.2 Å². The maximum absolute atomic E-state index is 13.4. The Kier molecular flexibility index (Phi) is 6.28. The molecule has 2 aliphatic rings. The number of ether oxygens (including phenoxy) is 1. The third kappa shape index (κ3) is 5.07. The summed E-state index contributed by atoms with van der Waals surface area (Å²) in [6.45, 7) is 3.31. The van der Waals surface area contributed by atoms with Crippen molar-refractivity contribution in [3.05, 3.63) is 47.4 Å². The van der Waals surface area contributed by atoms with E-state index >= 15 is 0 Å². The number of hydrogen-bond acceptors (Lipinski definition) is 6. The van der Waals surface area contributed by atoms with E-state index in [1.165, 1.54) is 30.5 Å². The largest absolute Gasteiger partial charge is 0.478 e. The fourth-order valence-electron chi connectivity index (χ4n) is 4.60. The molecule has 11 heteroatoms. The molecule has 1 aromatic heterocycles. The summed E-state index contributed by atoms with van der Waals surface area (Å²) < 4.78 is 42.2. The molecule has 3 heterocycles. The van der Waals surface area contributed by atoms with E-state index < -0.39 is 21.4 Å². The second kappa shape index (κ2) is 8.73. The van der Waals surface area contributed by atoms with Crippen molar-refractivity contribution >= 4 is 33.3 Å². The van der Waals surface area contributed by atoms with Crippen molar-refractivity contribution < 1.29 is 22.3 Å². The average Bonchev–Trinajstić information content (AvgIpc) is 3.00. The number of primary sulfonamides is 1. The minimum Gasteiger partial charge on any atom is -0.478 e. The topological polar surface area (TPSA) is 115 Å². The number of rotatable bonds is 6. The van der Waals surface area contributed by atoms with Crippen LogP contribution < -0.4 is 20.1 Å². The second-order valence-corrected chi connectivity index (χ2v) is 11.0. The first-order chi connectivity index (χ1) is 15.4. The van der Waals surface area contributed by atoms with Gasteiger partial charge in [-0.25, -0.2) is 22.9 Å². The maximum atomic E-state index is 13.4. The zero-order valence-corrected chi connectivity index (χ0v) is 19.9. The van der Waals surface area contributed by atoms with Crippen LogP contribution >= 0.6 is 11.6 Å². The van der Waals surface area contributed by atoms with Crippen LogP contribution in [0, 0.1) is 5.82 Å². The van der Waals surface area contributed by atoms with E-state index in [0.717, 1.165) is 25.7 Å². The molecule has 8 nitrogen and oxygen atoms in total. The number of nitrogens with two attached hydrogens (primary N) is 1. The first-order valence-electron chi connectivity index (χ1n) is 10.7. The number of amides is 1. The van der Waals surface area contributed by atoms with Crippen molar-refractivity contribution in [1.29, 1.82) is 0 Å². The average molecular weight is 497 g/mol. The maximum Gasteiger partial charge on any atom is 0.263 e. The molecule has 178 valence electrons.